The van der Waals surface area contributed by atoms with E-state index in [0.717, 1.165) is 12.4 Å². The van der Waals surface area contributed by atoms with Crippen molar-refractivity contribution in [3.05, 3.63) is 29.6 Å². The minimum atomic E-state index is -2.89. The summed E-state index contributed by atoms with van der Waals surface area (Å²) >= 11 is 0. The lowest BCUT2D eigenvalue weighted by Gasteiger charge is -2.04. The smallest absolute Gasteiger partial charge is 0.270 e. The summed E-state index contributed by atoms with van der Waals surface area (Å²) in [6.07, 6.45) is 0.789. The van der Waals surface area contributed by atoms with Gasteiger partial charge in [0.05, 0.1) is 5.52 Å². The lowest BCUT2D eigenvalue weighted by atomic mass is 10.2. The fraction of sp³-hybridized carbons (Fsp3) is 0.222. The van der Waals surface area contributed by atoms with Crippen LogP contribution >= 0.6 is 0 Å². The molecule has 0 saturated carbocycles. The quantitative estimate of drug-likeness (QED) is 0.672. The van der Waals surface area contributed by atoms with Crippen LogP contribution in [0, 0.1) is 18.6 Å². The van der Waals surface area contributed by atoms with Crippen LogP contribution in [0.5, 0.6) is 0 Å². The minimum Gasteiger partial charge on any atom is -0.270 e. The Morgan fingerprint density at radius 2 is 2.00 bits per heavy atom. The number of benzene rings is 1. The van der Waals surface area contributed by atoms with Gasteiger partial charge >= 0.3 is 6.55 Å². The molecule has 0 aliphatic rings. The van der Waals surface area contributed by atoms with E-state index in [1.165, 1.54) is 6.92 Å². The average molecular weight is 218 g/mol. The van der Waals surface area contributed by atoms with Crippen molar-refractivity contribution in [3.8, 4) is 0 Å². The van der Waals surface area contributed by atoms with E-state index >= 15 is 0 Å². The predicted molar refractivity (Wildman–Crippen MR) is 45.6 cm³/mol. The number of imidazole rings is 1. The third kappa shape index (κ3) is 1.36. The Labute approximate surface area is 82.1 Å². The largest absolute Gasteiger partial charge is 0.320 e. The van der Waals surface area contributed by atoms with Gasteiger partial charge in [-0.15, -0.1) is 0 Å². The number of hydrogen-bond acceptors (Lipinski definition) is 1. The first-order chi connectivity index (χ1) is 7.02. The third-order valence-electron chi connectivity index (χ3n) is 2.19. The molecular formula is C9H6F4N2. The lowest BCUT2D eigenvalue weighted by Crippen LogP contribution is -1.99. The number of aromatic nitrogens is 2. The zero-order valence-corrected chi connectivity index (χ0v) is 7.64. The summed E-state index contributed by atoms with van der Waals surface area (Å²) in [4.78, 5) is 3.51. The van der Waals surface area contributed by atoms with Gasteiger partial charge in [-0.2, -0.15) is 8.78 Å². The minimum absolute atomic E-state index is 0.115. The van der Waals surface area contributed by atoms with Crippen molar-refractivity contribution in [2.75, 3.05) is 0 Å². The molecule has 2 rings (SSSR count). The van der Waals surface area contributed by atoms with Crippen molar-refractivity contribution in [2.24, 2.45) is 0 Å². The molecule has 0 N–H and O–H groups in total. The monoisotopic (exact) mass is 218 g/mol. The van der Waals surface area contributed by atoms with Gasteiger partial charge in [-0.3, -0.25) is 4.57 Å². The van der Waals surface area contributed by atoms with E-state index in [4.69, 9.17) is 0 Å². The van der Waals surface area contributed by atoms with Crippen LogP contribution in [0.25, 0.3) is 11.0 Å². The van der Waals surface area contributed by atoms with Gasteiger partial charge < -0.3 is 0 Å². The molecule has 0 aliphatic carbocycles. The maximum atomic E-state index is 13.5. The Bertz CT molecular complexity index is 518. The summed E-state index contributed by atoms with van der Waals surface area (Å²) in [6, 6.07) is 0.937. The molecule has 0 saturated heterocycles. The first kappa shape index (κ1) is 9.95. The molecule has 0 atom stereocenters. The fourth-order valence-corrected chi connectivity index (χ4v) is 1.37. The Morgan fingerprint density at radius 1 is 1.33 bits per heavy atom. The predicted octanol–water partition coefficient (Wildman–Crippen LogP) is 3.02. The second-order valence-electron chi connectivity index (χ2n) is 3.09. The van der Waals surface area contributed by atoms with Crippen LogP contribution < -0.4 is 0 Å². The molecule has 2 nitrogen and oxygen atoms in total. The molecule has 0 bridgehead atoms. The normalized spacial score (nSPS) is 11.6. The zero-order chi connectivity index (χ0) is 11.2. The highest BCUT2D eigenvalue weighted by Crippen LogP contribution is 2.25. The molecule has 0 aliphatic heterocycles. The number of alkyl halides is 2. The van der Waals surface area contributed by atoms with Crippen LogP contribution in [0.15, 0.2) is 12.4 Å². The van der Waals surface area contributed by atoms with Crippen LogP contribution in [0.4, 0.5) is 17.6 Å². The molecule has 80 valence electrons. The van der Waals surface area contributed by atoms with Gasteiger partial charge in [0.2, 0.25) is 0 Å². The van der Waals surface area contributed by atoms with Crippen LogP contribution in [0.1, 0.15) is 12.1 Å². The summed E-state index contributed by atoms with van der Waals surface area (Å²) in [5.41, 5.74) is -0.773. The van der Waals surface area contributed by atoms with Crippen LogP contribution in [0.3, 0.4) is 0 Å². The van der Waals surface area contributed by atoms with Crippen molar-refractivity contribution >= 4 is 11.0 Å². The van der Waals surface area contributed by atoms with E-state index in [9.17, 15) is 17.6 Å². The van der Waals surface area contributed by atoms with Crippen molar-refractivity contribution in [2.45, 2.75) is 13.5 Å². The second-order valence-corrected chi connectivity index (χ2v) is 3.09. The average Bonchev–Trinajstić information content (AvgIpc) is 2.58. The first-order valence-corrected chi connectivity index (χ1v) is 4.11. The van der Waals surface area contributed by atoms with E-state index in [1.54, 1.807) is 0 Å². The molecule has 2 aromatic rings. The summed E-state index contributed by atoms with van der Waals surface area (Å²) in [7, 11) is 0. The van der Waals surface area contributed by atoms with Gasteiger partial charge in [-0.05, 0) is 6.92 Å². The fourth-order valence-electron chi connectivity index (χ4n) is 1.37. The number of halogens is 4. The second kappa shape index (κ2) is 3.22. The Kier molecular flexibility index (Phi) is 2.13. The molecule has 1 heterocycles. The van der Waals surface area contributed by atoms with Gasteiger partial charge in [0.15, 0.2) is 5.82 Å². The molecule has 0 fully saturated rings. The summed E-state index contributed by atoms with van der Waals surface area (Å²) in [5.74, 6) is -1.79. The van der Waals surface area contributed by atoms with Gasteiger partial charge in [0, 0.05) is 11.6 Å². The SMILES string of the molecule is Cc1c(F)cc2ncn(C(F)F)c2c1F. The highest BCUT2D eigenvalue weighted by atomic mass is 19.3. The van der Waals surface area contributed by atoms with E-state index in [1.807, 2.05) is 0 Å². The Morgan fingerprint density at radius 3 is 2.60 bits per heavy atom. The summed E-state index contributed by atoms with van der Waals surface area (Å²) < 4.78 is 51.7. The van der Waals surface area contributed by atoms with E-state index in [2.05, 4.69) is 4.98 Å². The number of hydrogen-bond donors (Lipinski definition) is 0. The first-order valence-electron chi connectivity index (χ1n) is 4.11. The number of nitrogens with zero attached hydrogens (tertiary/aromatic N) is 2. The van der Waals surface area contributed by atoms with Gasteiger partial charge in [-0.1, -0.05) is 0 Å². The number of rotatable bonds is 1. The Balaban J connectivity index is 2.85. The van der Waals surface area contributed by atoms with Gasteiger partial charge in [0.1, 0.15) is 17.7 Å². The molecule has 0 amide bonds. The lowest BCUT2D eigenvalue weighted by molar-refractivity contribution is 0.0740. The van der Waals surface area contributed by atoms with Crippen LogP contribution in [-0.2, 0) is 0 Å². The van der Waals surface area contributed by atoms with Crippen molar-refractivity contribution in [1.82, 2.24) is 9.55 Å². The van der Waals surface area contributed by atoms with Gasteiger partial charge in [-0.25, -0.2) is 13.8 Å². The highest BCUT2D eigenvalue weighted by Gasteiger charge is 2.18. The van der Waals surface area contributed by atoms with E-state index < -0.39 is 18.2 Å². The molecule has 15 heavy (non-hydrogen) atoms. The standard InChI is InChI=1S/C9H6F4N2/c1-4-5(10)2-6-8(7(4)11)15(3-14-6)9(12)13/h2-3,9H,1H3. The molecule has 6 heteroatoms. The maximum Gasteiger partial charge on any atom is 0.320 e. The molecule has 1 aromatic heterocycles. The molecular weight excluding hydrogens is 212 g/mol. The van der Waals surface area contributed by atoms with Crippen LogP contribution in [0.2, 0.25) is 0 Å². The summed E-state index contributed by atoms with van der Waals surface area (Å²) in [5, 5.41) is 0. The third-order valence-corrected chi connectivity index (χ3v) is 2.19. The van der Waals surface area contributed by atoms with Crippen LogP contribution in [-0.4, -0.2) is 9.55 Å². The molecule has 0 unspecified atom stereocenters. The van der Waals surface area contributed by atoms with Gasteiger partial charge in [0.25, 0.3) is 0 Å². The van der Waals surface area contributed by atoms with Crippen molar-refractivity contribution in [3.63, 3.8) is 0 Å². The zero-order valence-electron chi connectivity index (χ0n) is 7.64. The topological polar surface area (TPSA) is 17.8 Å². The van der Waals surface area contributed by atoms with Crippen molar-refractivity contribution < 1.29 is 17.6 Å². The Hall–Kier alpha value is -1.59. The summed E-state index contributed by atoms with van der Waals surface area (Å²) in [6.45, 7) is -1.71. The molecule has 0 radical (unpaired) electrons. The maximum absolute atomic E-state index is 13.5. The van der Waals surface area contributed by atoms with Crippen molar-refractivity contribution in [1.29, 1.82) is 0 Å². The molecule has 1 aromatic carbocycles. The highest BCUT2D eigenvalue weighted by molar-refractivity contribution is 5.77. The molecule has 0 spiro atoms. The van der Waals surface area contributed by atoms with E-state index in [-0.39, 0.29) is 16.6 Å². The van der Waals surface area contributed by atoms with E-state index in [0.29, 0.717) is 4.57 Å². The number of fused-ring (bicyclic) bond motifs is 1.